The molecule has 3 rings (SSSR count). The molecule has 21 heavy (non-hydrogen) atoms. The van der Waals surface area contributed by atoms with E-state index in [1.54, 1.807) is 0 Å². The molecule has 1 aromatic heterocycles. The van der Waals surface area contributed by atoms with Crippen LogP contribution in [-0.4, -0.2) is 22.7 Å². The monoisotopic (exact) mass is 303 g/mol. The second kappa shape index (κ2) is 5.58. The zero-order valence-electron chi connectivity index (χ0n) is 11.8. The standard InChI is InChI=1S/C16H17NO3S/c1-16(9-5-6-10-20-16)15-17-12(13(21-15)14(18)19)11-7-3-2-4-8-11/h2-4,7-8H,5-6,9-10H2,1H3,(H,18,19). The van der Waals surface area contributed by atoms with Crippen LogP contribution in [0.3, 0.4) is 0 Å². The molecule has 1 saturated heterocycles. The lowest BCUT2D eigenvalue weighted by Gasteiger charge is -2.31. The van der Waals surface area contributed by atoms with Gasteiger partial charge in [-0.25, -0.2) is 9.78 Å². The highest BCUT2D eigenvalue weighted by Crippen LogP contribution is 2.40. The van der Waals surface area contributed by atoms with E-state index in [0.717, 1.165) is 29.8 Å². The van der Waals surface area contributed by atoms with E-state index >= 15 is 0 Å². The fourth-order valence-electron chi connectivity index (χ4n) is 2.59. The Hall–Kier alpha value is -1.72. The van der Waals surface area contributed by atoms with Crippen molar-refractivity contribution in [3.63, 3.8) is 0 Å². The molecule has 1 aliphatic rings. The Kier molecular flexibility index (Phi) is 3.78. The highest BCUT2D eigenvalue weighted by atomic mass is 32.1. The second-order valence-corrected chi connectivity index (χ2v) is 6.40. The molecule has 0 saturated carbocycles. The molecule has 1 atom stereocenters. The summed E-state index contributed by atoms with van der Waals surface area (Å²) in [5.41, 5.74) is 0.912. The Morgan fingerprint density at radius 3 is 2.71 bits per heavy atom. The van der Waals surface area contributed by atoms with E-state index in [9.17, 15) is 9.90 Å². The van der Waals surface area contributed by atoms with Crippen molar-refractivity contribution in [3.05, 3.63) is 40.2 Å². The Morgan fingerprint density at radius 1 is 1.33 bits per heavy atom. The highest BCUT2D eigenvalue weighted by Gasteiger charge is 2.35. The molecule has 110 valence electrons. The number of rotatable bonds is 3. The predicted octanol–water partition coefficient (Wildman–Crippen LogP) is 3.92. The second-order valence-electron chi connectivity index (χ2n) is 5.40. The lowest BCUT2D eigenvalue weighted by molar-refractivity contribution is -0.0701. The van der Waals surface area contributed by atoms with Crippen molar-refractivity contribution in [2.24, 2.45) is 0 Å². The maximum Gasteiger partial charge on any atom is 0.348 e. The lowest BCUT2D eigenvalue weighted by atomic mass is 9.97. The fraction of sp³-hybridized carbons (Fsp3) is 0.375. The van der Waals surface area contributed by atoms with Crippen molar-refractivity contribution in [2.45, 2.75) is 31.8 Å². The molecule has 1 aliphatic heterocycles. The van der Waals surface area contributed by atoms with E-state index in [2.05, 4.69) is 4.98 Å². The zero-order valence-corrected chi connectivity index (χ0v) is 12.7. The smallest absolute Gasteiger partial charge is 0.348 e. The summed E-state index contributed by atoms with van der Waals surface area (Å²) in [6.07, 6.45) is 3.02. The van der Waals surface area contributed by atoms with Crippen molar-refractivity contribution in [1.29, 1.82) is 0 Å². The number of thiazole rings is 1. The molecular formula is C16H17NO3S. The summed E-state index contributed by atoms with van der Waals surface area (Å²) in [6.45, 7) is 2.71. The van der Waals surface area contributed by atoms with Crippen LogP contribution in [0.5, 0.6) is 0 Å². The van der Waals surface area contributed by atoms with Gasteiger partial charge in [0.05, 0.1) is 5.69 Å². The third kappa shape index (κ3) is 2.71. The van der Waals surface area contributed by atoms with Crippen molar-refractivity contribution in [2.75, 3.05) is 6.61 Å². The molecule has 0 radical (unpaired) electrons. The third-order valence-corrected chi connectivity index (χ3v) is 5.08. The third-order valence-electron chi connectivity index (χ3n) is 3.79. The van der Waals surface area contributed by atoms with Crippen LogP contribution >= 0.6 is 11.3 Å². The van der Waals surface area contributed by atoms with Gasteiger partial charge in [-0.15, -0.1) is 11.3 Å². The Bertz CT molecular complexity index is 645. The van der Waals surface area contributed by atoms with Gasteiger partial charge in [-0.05, 0) is 26.2 Å². The number of hydrogen-bond donors (Lipinski definition) is 1. The largest absolute Gasteiger partial charge is 0.477 e. The highest BCUT2D eigenvalue weighted by molar-refractivity contribution is 7.14. The van der Waals surface area contributed by atoms with Crippen molar-refractivity contribution in [3.8, 4) is 11.3 Å². The molecule has 2 aromatic rings. The number of nitrogens with zero attached hydrogens (tertiary/aromatic N) is 1. The Morgan fingerprint density at radius 2 is 2.10 bits per heavy atom. The van der Waals surface area contributed by atoms with Gasteiger partial charge in [-0.1, -0.05) is 30.3 Å². The predicted molar refractivity (Wildman–Crippen MR) is 81.7 cm³/mol. The molecule has 1 unspecified atom stereocenters. The Balaban J connectivity index is 2.07. The number of carboxylic acids is 1. The molecule has 0 amide bonds. The molecule has 1 aromatic carbocycles. The van der Waals surface area contributed by atoms with Crippen LogP contribution in [0, 0.1) is 0 Å². The first kappa shape index (κ1) is 14.2. The summed E-state index contributed by atoms with van der Waals surface area (Å²) in [5.74, 6) is -0.933. The van der Waals surface area contributed by atoms with Gasteiger partial charge in [-0.3, -0.25) is 0 Å². The minimum Gasteiger partial charge on any atom is -0.477 e. The van der Waals surface area contributed by atoms with E-state index in [0.29, 0.717) is 12.3 Å². The van der Waals surface area contributed by atoms with E-state index in [1.807, 2.05) is 37.3 Å². The van der Waals surface area contributed by atoms with E-state index in [4.69, 9.17) is 4.74 Å². The average molecular weight is 303 g/mol. The Labute approximate surface area is 127 Å². The van der Waals surface area contributed by atoms with Gasteiger partial charge in [0.1, 0.15) is 15.5 Å². The number of ether oxygens (including phenoxy) is 1. The summed E-state index contributed by atoms with van der Waals surface area (Å²) in [6, 6.07) is 9.45. The minimum atomic E-state index is -0.933. The molecule has 2 heterocycles. The van der Waals surface area contributed by atoms with Crippen molar-refractivity contribution in [1.82, 2.24) is 4.98 Å². The molecule has 5 heteroatoms. The molecule has 4 nitrogen and oxygen atoms in total. The number of benzene rings is 1. The number of carbonyl (C=O) groups is 1. The maximum atomic E-state index is 11.5. The molecular weight excluding hydrogens is 286 g/mol. The summed E-state index contributed by atoms with van der Waals surface area (Å²) < 4.78 is 5.89. The first-order valence-corrected chi connectivity index (χ1v) is 7.86. The maximum absolute atomic E-state index is 11.5. The summed E-state index contributed by atoms with van der Waals surface area (Å²) in [5, 5.41) is 10.2. The van der Waals surface area contributed by atoms with E-state index in [1.165, 1.54) is 11.3 Å². The zero-order chi connectivity index (χ0) is 14.9. The van der Waals surface area contributed by atoms with Crippen molar-refractivity contribution >= 4 is 17.3 Å². The first-order valence-electron chi connectivity index (χ1n) is 7.04. The molecule has 0 spiro atoms. The molecule has 1 fully saturated rings. The number of carboxylic acid groups (broad SMARTS) is 1. The van der Waals surface area contributed by atoms with Gasteiger partial charge in [0, 0.05) is 12.2 Å². The molecule has 0 bridgehead atoms. The topological polar surface area (TPSA) is 59.4 Å². The van der Waals surface area contributed by atoms with Crippen LogP contribution in [-0.2, 0) is 10.3 Å². The van der Waals surface area contributed by atoms with Crippen LogP contribution in [0.15, 0.2) is 30.3 Å². The van der Waals surface area contributed by atoms with Gasteiger partial charge >= 0.3 is 5.97 Å². The molecule has 1 N–H and O–H groups in total. The van der Waals surface area contributed by atoms with Gasteiger partial charge in [-0.2, -0.15) is 0 Å². The number of aromatic carboxylic acids is 1. The van der Waals surface area contributed by atoms with Gasteiger partial charge in [0.2, 0.25) is 0 Å². The van der Waals surface area contributed by atoms with Gasteiger partial charge < -0.3 is 9.84 Å². The fourth-order valence-corrected chi connectivity index (χ4v) is 3.64. The van der Waals surface area contributed by atoms with Crippen LogP contribution in [0.25, 0.3) is 11.3 Å². The van der Waals surface area contributed by atoms with Gasteiger partial charge in [0.15, 0.2) is 0 Å². The van der Waals surface area contributed by atoms with Crippen molar-refractivity contribution < 1.29 is 14.6 Å². The van der Waals surface area contributed by atoms with Crippen LogP contribution < -0.4 is 0 Å². The molecule has 0 aliphatic carbocycles. The van der Waals surface area contributed by atoms with E-state index < -0.39 is 11.6 Å². The van der Waals surface area contributed by atoms with Crippen LogP contribution in [0.2, 0.25) is 0 Å². The van der Waals surface area contributed by atoms with Gasteiger partial charge in [0.25, 0.3) is 0 Å². The van der Waals surface area contributed by atoms with Crippen LogP contribution in [0.4, 0.5) is 0 Å². The summed E-state index contributed by atoms with van der Waals surface area (Å²) in [7, 11) is 0. The number of aromatic nitrogens is 1. The number of hydrogen-bond acceptors (Lipinski definition) is 4. The minimum absolute atomic E-state index is 0.284. The SMILES string of the molecule is CC1(c2nc(-c3ccccc3)c(C(=O)O)s2)CCCCO1. The lowest BCUT2D eigenvalue weighted by Crippen LogP contribution is -2.29. The average Bonchev–Trinajstić information content (AvgIpc) is 2.95. The quantitative estimate of drug-likeness (QED) is 0.933. The summed E-state index contributed by atoms with van der Waals surface area (Å²) >= 11 is 1.23. The normalized spacial score (nSPS) is 22.1. The first-order chi connectivity index (χ1) is 10.1. The van der Waals surface area contributed by atoms with E-state index in [-0.39, 0.29) is 4.88 Å². The van der Waals surface area contributed by atoms with Crippen LogP contribution in [0.1, 0.15) is 40.9 Å². The summed E-state index contributed by atoms with van der Waals surface area (Å²) in [4.78, 5) is 16.4.